The van der Waals surface area contributed by atoms with Gasteiger partial charge in [0.05, 0.1) is 0 Å². The molecule has 0 saturated heterocycles. The van der Waals surface area contributed by atoms with Gasteiger partial charge in [-0.15, -0.1) is 0 Å². The van der Waals surface area contributed by atoms with Crippen molar-refractivity contribution in [2.24, 2.45) is 0 Å². The van der Waals surface area contributed by atoms with Gasteiger partial charge < -0.3 is 9.84 Å². The van der Waals surface area contributed by atoms with Crippen molar-refractivity contribution in [2.75, 3.05) is 13.2 Å². The Morgan fingerprint density at radius 2 is 1.95 bits per heavy atom. The molecule has 0 saturated carbocycles. The standard InChI is InChI=1S/C17H27NO3/c1-5-11-18-17(4,16(19)20)12-21-15-9-7-14(8-10-15)13(3)6-2/h7-10,13,18H,5-6,11-12H2,1-4H3,(H,19,20). The third kappa shape index (κ3) is 5.05. The van der Waals surface area contributed by atoms with Gasteiger partial charge >= 0.3 is 5.97 Å². The summed E-state index contributed by atoms with van der Waals surface area (Å²) in [5, 5.41) is 12.4. The van der Waals surface area contributed by atoms with Gasteiger partial charge in [0.2, 0.25) is 0 Å². The van der Waals surface area contributed by atoms with Crippen molar-refractivity contribution >= 4 is 5.97 Å². The van der Waals surface area contributed by atoms with E-state index in [0.29, 0.717) is 18.2 Å². The maximum atomic E-state index is 11.4. The van der Waals surface area contributed by atoms with Gasteiger partial charge in [0.15, 0.2) is 0 Å². The molecule has 1 aromatic carbocycles. The summed E-state index contributed by atoms with van der Waals surface area (Å²) in [4.78, 5) is 11.4. The number of nitrogens with one attached hydrogen (secondary N) is 1. The van der Waals surface area contributed by atoms with Crippen molar-refractivity contribution in [2.45, 2.75) is 52.0 Å². The highest BCUT2D eigenvalue weighted by atomic mass is 16.5. The average Bonchev–Trinajstić information content (AvgIpc) is 2.50. The summed E-state index contributed by atoms with van der Waals surface area (Å²) in [5.41, 5.74) is 0.209. The summed E-state index contributed by atoms with van der Waals surface area (Å²) in [5.74, 6) is 0.328. The van der Waals surface area contributed by atoms with Gasteiger partial charge in [-0.25, -0.2) is 0 Å². The Balaban J connectivity index is 2.65. The highest BCUT2D eigenvalue weighted by Gasteiger charge is 2.33. The molecule has 0 aliphatic rings. The molecule has 0 aromatic heterocycles. The lowest BCUT2D eigenvalue weighted by molar-refractivity contribution is -0.145. The summed E-state index contributed by atoms with van der Waals surface area (Å²) >= 11 is 0. The lowest BCUT2D eigenvalue weighted by Crippen LogP contribution is -2.54. The van der Waals surface area contributed by atoms with Gasteiger partial charge in [0.1, 0.15) is 17.9 Å². The Hall–Kier alpha value is -1.55. The van der Waals surface area contributed by atoms with Gasteiger partial charge in [-0.2, -0.15) is 0 Å². The molecule has 2 atom stereocenters. The molecule has 21 heavy (non-hydrogen) atoms. The van der Waals surface area contributed by atoms with Crippen LogP contribution in [0.2, 0.25) is 0 Å². The Kier molecular flexibility index (Phi) is 6.69. The van der Waals surface area contributed by atoms with Crippen LogP contribution in [0.15, 0.2) is 24.3 Å². The number of carboxylic acids is 1. The Bertz CT molecular complexity index is 444. The van der Waals surface area contributed by atoms with Gasteiger partial charge in [0.25, 0.3) is 0 Å². The predicted molar refractivity (Wildman–Crippen MR) is 85.0 cm³/mol. The largest absolute Gasteiger partial charge is 0.491 e. The molecule has 0 amide bonds. The van der Waals surface area contributed by atoms with Crippen LogP contribution in [0.4, 0.5) is 0 Å². The van der Waals surface area contributed by atoms with Crippen molar-refractivity contribution in [1.29, 1.82) is 0 Å². The van der Waals surface area contributed by atoms with Crippen LogP contribution < -0.4 is 10.1 Å². The van der Waals surface area contributed by atoms with E-state index in [9.17, 15) is 9.90 Å². The van der Waals surface area contributed by atoms with Gasteiger partial charge in [-0.1, -0.05) is 32.9 Å². The van der Waals surface area contributed by atoms with Crippen molar-refractivity contribution in [3.8, 4) is 5.75 Å². The minimum absolute atomic E-state index is 0.102. The Labute approximate surface area is 127 Å². The molecule has 2 N–H and O–H groups in total. The Morgan fingerprint density at radius 1 is 1.33 bits per heavy atom. The van der Waals surface area contributed by atoms with E-state index in [0.717, 1.165) is 12.8 Å². The maximum Gasteiger partial charge on any atom is 0.327 e. The van der Waals surface area contributed by atoms with Crippen LogP contribution in [-0.4, -0.2) is 29.8 Å². The molecule has 0 spiro atoms. The number of benzene rings is 1. The zero-order chi connectivity index (χ0) is 15.9. The second kappa shape index (κ2) is 8.03. The minimum Gasteiger partial charge on any atom is -0.491 e. The number of ether oxygens (including phenoxy) is 1. The molecule has 0 heterocycles. The fourth-order valence-corrected chi connectivity index (χ4v) is 1.95. The summed E-state index contributed by atoms with van der Waals surface area (Å²) in [6, 6.07) is 7.90. The first-order valence-electron chi connectivity index (χ1n) is 7.64. The molecule has 0 radical (unpaired) electrons. The zero-order valence-corrected chi connectivity index (χ0v) is 13.5. The second-order valence-electron chi connectivity index (χ2n) is 5.73. The van der Waals surface area contributed by atoms with Crippen LogP contribution in [-0.2, 0) is 4.79 Å². The second-order valence-corrected chi connectivity index (χ2v) is 5.73. The third-order valence-corrected chi connectivity index (χ3v) is 3.83. The van der Waals surface area contributed by atoms with E-state index in [1.165, 1.54) is 5.56 Å². The molecule has 1 aromatic rings. The number of hydrogen-bond acceptors (Lipinski definition) is 3. The number of rotatable bonds is 9. The first-order valence-corrected chi connectivity index (χ1v) is 7.64. The summed E-state index contributed by atoms with van der Waals surface area (Å²) in [7, 11) is 0. The first kappa shape index (κ1) is 17.5. The van der Waals surface area contributed by atoms with Crippen LogP contribution >= 0.6 is 0 Å². The molecule has 1 rings (SSSR count). The lowest BCUT2D eigenvalue weighted by atomic mass is 9.99. The van der Waals surface area contributed by atoms with Crippen molar-refractivity contribution in [3.05, 3.63) is 29.8 Å². The number of hydrogen-bond donors (Lipinski definition) is 2. The highest BCUT2D eigenvalue weighted by Crippen LogP contribution is 2.22. The minimum atomic E-state index is -1.06. The molecule has 2 unspecified atom stereocenters. The smallest absolute Gasteiger partial charge is 0.327 e. The first-order chi connectivity index (χ1) is 9.92. The fourth-order valence-electron chi connectivity index (χ4n) is 1.95. The van der Waals surface area contributed by atoms with Crippen molar-refractivity contribution < 1.29 is 14.6 Å². The average molecular weight is 293 g/mol. The summed E-state index contributed by atoms with van der Waals surface area (Å²) < 4.78 is 5.65. The van der Waals surface area contributed by atoms with Gasteiger partial charge in [-0.3, -0.25) is 10.1 Å². The van der Waals surface area contributed by atoms with E-state index in [1.807, 2.05) is 31.2 Å². The SMILES string of the molecule is CCCNC(C)(COc1ccc(C(C)CC)cc1)C(=O)O. The highest BCUT2D eigenvalue weighted by molar-refractivity contribution is 5.78. The quantitative estimate of drug-likeness (QED) is 0.732. The van der Waals surface area contributed by atoms with Crippen molar-refractivity contribution in [3.63, 3.8) is 0 Å². The van der Waals surface area contributed by atoms with Gasteiger partial charge in [-0.05, 0) is 49.9 Å². The zero-order valence-electron chi connectivity index (χ0n) is 13.5. The van der Waals surface area contributed by atoms with Crippen LogP contribution in [0.3, 0.4) is 0 Å². The molecule has 4 nitrogen and oxygen atoms in total. The molecule has 0 aliphatic heterocycles. The van der Waals surface area contributed by atoms with E-state index in [1.54, 1.807) is 6.92 Å². The number of aliphatic carboxylic acids is 1. The monoisotopic (exact) mass is 293 g/mol. The van der Waals surface area contributed by atoms with Crippen LogP contribution in [0, 0.1) is 0 Å². The molecular weight excluding hydrogens is 266 g/mol. The molecule has 0 bridgehead atoms. The fraction of sp³-hybridized carbons (Fsp3) is 0.588. The topological polar surface area (TPSA) is 58.6 Å². The third-order valence-electron chi connectivity index (χ3n) is 3.83. The molecule has 118 valence electrons. The van der Waals surface area contributed by atoms with E-state index in [-0.39, 0.29) is 6.61 Å². The van der Waals surface area contributed by atoms with Crippen LogP contribution in [0.1, 0.15) is 52.0 Å². The number of carbonyl (C=O) groups is 1. The van der Waals surface area contributed by atoms with E-state index >= 15 is 0 Å². The van der Waals surface area contributed by atoms with Crippen LogP contribution in [0.25, 0.3) is 0 Å². The molecule has 4 heteroatoms. The maximum absolute atomic E-state index is 11.4. The van der Waals surface area contributed by atoms with E-state index < -0.39 is 11.5 Å². The van der Waals surface area contributed by atoms with Crippen molar-refractivity contribution in [1.82, 2.24) is 5.32 Å². The summed E-state index contributed by atoms with van der Waals surface area (Å²) in [6.45, 7) is 8.76. The Morgan fingerprint density at radius 3 is 2.43 bits per heavy atom. The number of carboxylic acid groups (broad SMARTS) is 1. The van der Waals surface area contributed by atoms with Gasteiger partial charge in [0, 0.05) is 0 Å². The van der Waals surface area contributed by atoms with E-state index in [2.05, 4.69) is 19.2 Å². The molecular formula is C17H27NO3. The van der Waals surface area contributed by atoms with E-state index in [4.69, 9.17) is 4.74 Å². The molecule has 0 fully saturated rings. The lowest BCUT2D eigenvalue weighted by Gasteiger charge is -2.26. The van der Waals surface area contributed by atoms with Crippen LogP contribution in [0.5, 0.6) is 5.75 Å². The normalized spacial score (nSPS) is 15.2. The predicted octanol–water partition coefficient (Wildman–Crippen LogP) is 3.42. The summed E-state index contributed by atoms with van der Waals surface area (Å²) in [6.07, 6.45) is 1.98. The molecule has 0 aliphatic carbocycles.